The van der Waals surface area contributed by atoms with Gasteiger partial charge < -0.3 is 29.0 Å². The third-order valence-corrected chi connectivity index (χ3v) is 9.92. The SMILES string of the molecule is COc1cc2c3cc1Oc1c(OC)c(OC)cc4c1[C@H](Cc1ccc(cc1)Oc1cc(cc(NC(C)=O)c1)C[C@H]3N(C)CC2)N(C)CC4. The first-order valence-electron chi connectivity index (χ1n) is 16.5. The van der Waals surface area contributed by atoms with E-state index >= 15 is 0 Å². The van der Waals surface area contributed by atoms with Crippen LogP contribution in [-0.4, -0.2) is 64.2 Å². The first-order chi connectivity index (χ1) is 23.2. The number of nitrogens with zero attached hydrogens (tertiary/aromatic N) is 2. The zero-order chi connectivity index (χ0) is 33.5. The molecule has 0 radical (unpaired) electrons. The van der Waals surface area contributed by atoms with E-state index in [0.29, 0.717) is 46.6 Å². The van der Waals surface area contributed by atoms with Gasteiger partial charge in [0.2, 0.25) is 11.7 Å². The van der Waals surface area contributed by atoms with E-state index < -0.39 is 0 Å². The maximum atomic E-state index is 12.1. The Bertz CT molecular complexity index is 1860. The first kappa shape index (κ1) is 31.8. The number of fused-ring (bicyclic) bond motifs is 2. The highest BCUT2D eigenvalue weighted by molar-refractivity contribution is 5.89. The van der Waals surface area contributed by atoms with Gasteiger partial charge >= 0.3 is 0 Å². The van der Waals surface area contributed by atoms with Gasteiger partial charge in [-0.05, 0) is 110 Å². The van der Waals surface area contributed by atoms with Crippen LogP contribution in [0.1, 0.15) is 52.4 Å². The molecule has 1 N–H and O–H groups in total. The molecular weight excluding hydrogens is 606 g/mol. The largest absolute Gasteiger partial charge is 0.493 e. The van der Waals surface area contributed by atoms with Gasteiger partial charge in [0.15, 0.2) is 23.0 Å². The molecule has 0 aliphatic carbocycles. The molecule has 4 heterocycles. The lowest BCUT2D eigenvalue weighted by Crippen LogP contribution is -2.34. The van der Waals surface area contributed by atoms with Gasteiger partial charge in [-0.2, -0.15) is 0 Å². The molecule has 4 aliphatic heterocycles. The Balaban J connectivity index is 1.45. The zero-order valence-electron chi connectivity index (χ0n) is 28.5. The normalized spacial score (nSPS) is 18.8. The van der Waals surface area contributed by atoms with Crippen molar-refractivity contribution in [2.24, 2.45) is 0 Å². The Kier molecular flexibility index (Phi) is 8.66. The third-order valence-electron chi connectivity index (χ3n) is 9.92. The highest BCUT2D eigenvalue weighted by Gasteiger charge is 2.34. The Morgan fingerprint density at radius 2 is 1.44 bits per heavy atom. The number of rotatable bonds is 4. The van der Waals surface area contributed by atoms with E-state index in [4.69, 9.17) is 23.7 Å². The minimum absolute atomic E-state index is 0.0219. The molecule has 0 saturated carbocycles. The van der Waals surface area contributed by atoms with Crippen LogP contribution in [0.3, 0.4) is 0 Å². The minimum atomic E-state index is -0.130. The number of benzene rings is 4. The van der Waals surface area contributed by atoms with Crippen molar-refractivity contribution in [2.45, 2.75) is 44.7 Å². The van der Waals surface area contributed by atoms with Crippen molar-refractivity contribution in [1.29, 1.82) is 0 Å². The van der Waals surface area contributed by atoms with E-state index in [1.807, 2.05) is 24.3 Å². The maximum Gasteiger partial charge on any atom is 0.221 e. The standard InChI is InChI=1S/C39H43N3O6/c1-23(43)40-28-15-25-16-30(21-28)47-29-9-7-24(8-10-29)17-33-37-27(12-14-42(33)3)20-36(45-5)38(46-6)39(37)48-35-22-31-26(19-34(35)44-4)11-13-41(2)32(31)18-25/h7-10,15-16,19-22,32-33H,11-14,17-18H2,1-6H3,(H,40,43)/t32-,33+/m1/s1. The molecule has 9 heteroatoms. The van der Waals surface area contributed by atoms with Crippen LogP contribution in [0, 0.1) is 0 Å². The molecule has 4 aliphatic rings. The van der Waals surface area contributed by atoms with Crippen LogP contribution in [0.4, 0.5) is 5.69 Å². The quantitative estimate of drug-likeness (QED) is 0.251. The molecule has 0 spiro atoms. The number of carbonyl (C=O) groups excluding carboxylic acids is 1. The predicted molar refractivity (Wildman–Crippen MR) is 185 cm³/mol. The maximum absolute atomic E-state index is 12.1. The molecular formula is C39H43N3O6. The lowest BCUT2D eigenvalue weighted by Gasteiger charge is -2.37. The summed E-state index contributed by atoms with van der Waals surface area (Å²) in [6, 6.07) is 20.6. The molecule has 9 nitrogen and oxygen atoms in total. The van der Waals surface area contributed by atoms with E-state index in [-0.39, 0.29) is 18.0 Å². The summed E-state index contributed by atoms with van der Waals surface area (Å²) in [5, 5.41) is 2.96. The lowest BCUT2D eigenvalue weighted by molar-refractivity contribution is -0.114. The highest BCUT2D eigenvalue weighted by atomic mass is 16.5. The molecule has 0 unspecified atom stereocenters. The molecule has 1 amide bonds. The molecule has 250 valence electrons. The molecule has 4 aromatic carbocycles. The summed E-state index contributed by atoms with van der Waals surface area (Å²) in [6.45, 7) is 3.32. The van der Waals surface area contributed by atoms with Gasteiger partial charge in [0.1, 0.15) is 11.5 Å². The molecule has 4 aromatic rings. The van der Waals surface area contributed by atoms with Crippen molar-refractivity contribution >= 4 is 11.6 Å². The molecule has 0 aromatic heterocycles. The second-order valence-electron chi connectivity index (χ2n) is 13.0. The number of methoxy groups -OCH3 is 3. The summed E-state index contributed by atoms with van der Waals surface area (Å²) in [5.41, 5.74) is 7.59. The Hall–Kier alpha value is -4.73. The average molecular weight is 650 g/mol. The van der Waals surface area contributed by atoms with Gasteiger partial charge in [0.25, 0.3) is 0 Å². The first-order valence-corrected chi connectivity index (χ1v) is 16.5. The van der Waals surface area contributed by atoms with Gasteiger partial charge in [-0.25, -0.2) is 0 Å². The molecule has 48 heavy (non-hydrogen) atoms. The Labute approximate surface area is 282 Å². The second-order valence-corrected chi connectivity index (χ2v) is 13.0. The molecule has 0 saturated heterocycles. The number of anilines is 1. The van der Waals surface area contributed by atoms with Gasteiger partial charge in [-0.1, -0.05) is 12.1 Å². The van der Waals surface area contributed by atoms with Gasteiger partial charge in [0, 0.05) is 49.4 Å². The Morgan fingerprint density at radius 1 is 0.750 bits per heavy atom. The van der Waals surface area contributed by atoms with E-state index in [1.165, 1.54) is 29.2 Å². The van der Waals surface area contributed by atoms with Crippen LogP contribution >= 0.6 is 0 Å². The van der Waals surface area contributed by atoms with Crippen LogP contribution in [0.25, 0.3) is 0 Å². The van der Waals surface area contributed by atoms with Crippen molar-refractivity contribution in [2.75, 3.05) is 53.8 Å². The van der Waals surface area contributed by atoms with E-state index in [0.717, 1.165) is 49.2 Å². The fraction of sp³-hybridized carbons (Fsp3) is 0.359. The summed E-state index contributed by atoms with van der Waals surface area (Å²) >= 11 is 0. The lowest BCUT2D eigenvalue weighted by atomic mass is 9.87. The van der Waals surface area contributed by atoms with Crippen LogP contribution in [0.2, 0.25) is 0 Å². The van der Waals surface area contributed by atoms with Crippen molar-refractivity contribution in [3.05, 3.63) is 94.0 Å². The van der Waals surface area contributed by atoms with Crippen molar-refractivity contribution < 1.29 is 28.5 Å². The Morgan fingerprint density at radius 3 is 2.15 bits per heavy atom. The summed E-state index contributed by atoms with van der Waals surface area (Å²) in [4.78, 5) is 16.9. The second kappa shape index (κ2) is 13.1. The highest BCUT2D eigenvalue weighted by Crippen LogP contribution is 2.51. The topological polar surface area (TPSA) is 81.7 Å². The summed E-state index contributed by atoms with van der Waals surface area (Å²) < 4.78 is 31.3. The smallest absolute Gasteiger partial charge is 0.221 e. The van der Waals surface area contributed by atoms with Crippen LogP contribution in [0.5, 0.6) is 40.2 Å². The fourth-order valence-electron chi connectivity index (χ4n) is 7.47. The number of carbonyl (C=O) groups is 1. The predicted octanol–water partition coefficient (Wildman–Crippen LogP) is 7.11. The van der Waals surface area contributed by atoms with Gasteiger partial charge in [-0.3, -0.25) is 14.6 Å². The van der Waals surface area contributed by atoms with Gasteiger partial charge in [0.05, 0.1) is 21.3 Å². The molecule has 6 bridgehead atoms. The van der Waals surface area contributed by atoms with E-state index in [2.05, 4.69) is 65.6 Å². The average Bonchev–Trinajstić information content (AvgIpc) is 3.07. The zero-order valence-corrected chi connectivity index (χ0v) is 28.5. The van der Waals surface area contributed by atoms with Crippen molar-refractivity contribution in [1.82, 2.24) is 9.80 Å². The number of amides is 1. The van der Waals surface area contributed by atoms with E-state index in [9.17, 15) is 4.79 Å². The van der Waals surface area contributed by atoms with E-state index in [1.54, 1.807) is 21.3 Å². The summed E-state index contributed by atoms with van der Waals surface area (Å²) in [5.74, 6) is 4.42. The van der Waals surface area contributed by atoms with Crippen LogP contribution < -0.4 is 29.0 Å². The minimum Gasteiger partial charge on any atom is -0.493 e. The number of hydrogen-bond acceptors (Lipinski definition) is 8. The number of hydrogen-bond donors (Lipinski definition) is 1. The number of likely N-dealkylation sites (N-methyl/N-ethyl adjacent to an activating group) is 2. The summed E-state index contributed by atoms with van der Waals surface area (Å²) in [7, 11) is 9.34. The summed E-state index contributed by atoms with van der Waals surface area (Å²) in [6.07, 6.45) is 3.20. The van der Waals surface area contributed by atoms with Crippen molar-refractivity contribution in [3.63, 3.8) is 0 Å². The molecule has 0 fully saturated rings. The number of ether oxygens (including phenoxy) is 5. The van der Waals surface area contributed by atoms with Crippen molar-refractivity contribution in [3.8, 4) is 40.2 Å². The van der Waals surface area contributed by atoms with Gasteiger partial charge in [-0.15, -0.1) is 0 Å². The molecule has 2 atom stereocenters. The molecule has 8 rings (SSSR count). The number of nitrogens with one attached hydrogen (secondary N) is 1. The fourth-order valence-corrected chi connectivity index (χ4v) is 7.47. The third kappa shape index (κ3) is 6.04. The van der Waals surface area contributed by atoms with Crippen LogP contribution in [-0.2, 0) is 30.5 Å². The monoisotopic (exact) mass is 649 g/mol. The van der Waals surface area contributed by atoms with Crippen LogP contribution in [0.15, 0.2) is 60.7 Å².